The number of para-hydroxylation sites is 2. The van der Waals surface area contributed by atoms with Gasteiger partial charge in [-0.3, -0.25) is 9.78 Å². The molecule has 3 aromatic rings. The van der Waals surface area contributed by atoms with Crippen molar-refractivity contribution in [3.8, 4) is 0 Å². The molecule has 0 spiro atoms. The zero-order valence-corrected chi connectivity index (χ0v) is 14.1. The van der Waals surface area contributed by atoms with Crippen LogP contribution in [0, 0.1) is 5.82 Å². The first-order valence-corrected chi connectivity index (χ1v) is 8.47. The highest BCUT2D eigenvalue weighted by atomic mass is 35.5. The summed E-state index contributed by atoms with van der Waals surface area (Å²) < 4.78 is 14.1. The molecule has 1 saturated carbocycles. The number of fused-ring (bicyclic) bond motifs is 1. The Bertz CT molecular complexity index is 938. The molecule has 0 atom stereocenters. The molecule has 1 heterocycles. The van der Waals surface area contributed by atoms with Crippen LogP contribution in [-0.2, 0) is 6.54 Å². The first-order chi connectivity index (χ1) is 12.1. The van der Waals surface area contributed by atoms with Gasteiger partial charge in [0.15, 0.2) is 0 Å². The zero-order chi connectivity index (χ0) is 17.4. The zero-order valence-electron chi connectivity index (χ0n) is 13.3. The Balaban J connectivity index is 1.67. The molecule has 126 valence electrons. The van der Waals surface area contributed by atoms with Crippen LogP contribution in [0.4, 0.5) is 4.39 Å². The topological polar surface area (TPSA) is 46.1 Å². The summed E-state index contributed by atoms with van der Waals surface area (Å²) in [5.74, 6) is -0.657. The second-order valence-electron chi connectivity index (χ2n) is 6.11. The van der Waals surface area contributed by atoms with Gasteiger partial charge in [-0.15, -0.1) is 0 Å². The normalized spacial score (nSPS) is 13.8. The summed E-state index contributed by atoms with van der Waals surface area (Å²) in [6, 6.07) is 12.0. The third kappa shape index (κ3) is 3.20. The number of hydrogen-bond acceptors (Lipinski definition) is 3. The summed E-state index contributed by atoms with van der Waals surface area (Å²) in [6.07, 6.45) is 3.28. The maximum atomic E-state index is 14.1. The molecule has 4 rings (SSSR count). The monoisotopic (exact) mass is 355 g/mol. The van der Waals surface area contributed by atoms with E-state index in [0.717, 1.165) is 18.4 Å². The fraction of sp³-hybridized carbons (Fsp3) is 0.211. The maximum Gasteiger partial charge on any atom is 0.274 e. The first kappa shape index (κ1) is 16.0. The largest absolute Gasteiger partial charge is 0.330 e. The first-order valence-electron chi connectivity index (χ1n) is 8.09. The summed E-state index contributed by atoms with van der Waals surface area (Å²) in [5.41, 5.74) is 1.98. The Morgan fingerprint density at radius 2 is 1.92 bits per heavy atom. The van der Waals surface area contributed by atoms with Gasteiger partial charge in [0.25, 0.3) is 5.91 Å². The van der Waals surface area contributed by atoms with Gasteiger partial charge in [-0.2, -0.15) is 0 Å². The van der Waals surface area contributed by atoms with E-state index in [1.165, 1.54) is 12.3 Å². The van der Waals surface area contributed by atoms with Crippen LogP contribution in [0.5, 0.6) is 0 Å². The molecule has 1 aliphatic rings. The van der Waals surface area contributed by atoms with Crippen molar-refractivity contribution >= 4 is 28.5 Å². The van der Waals surface area contributed by atoms with E-state index in [4.69, 9.17) is 11.6 Å². The molecule has 1 aromatic heterocycles. The molecule has 1 aliphatic carbocycles. The molecule has 0 unspecified atom stereocenters. The third-order valence-corrected chi connectivity index (χ3v) is 4.66. The van der Waals surface area contributed by atoms with Gasteiger partial charge in [0.05, 0.1) is 23.8 Å². The van der Waals surface area contributed by atoms with Crippen molar-refractivity contribution in [1.82, 2.24) is 14.9 Å². The molecule has 2 aromatic carbocycles. The minimum atomic E-state index is -0.407. The maximum absolute atomic E-state index is 14.1. The van der Waals surface area contributed by atoms with Crippen LogP contribution < -0.4 is 0 Å². The standard InChI is InChI=1S/C19H15ClFN3O/c20-14-4-3-5-15(21)13(14)11-24(12-8-9-12)19(25)18-10-22-16-6-1-2-7-17(16)23-18/h1-7,10,12H,8-9,11H2. The molecule has 6 heteroatoms. The Morgan fingerprint density at radius 3 is 2.64 bits per heavy atom. The lowest BCUT2D eigenvalue weighted by atomic mass is 10.2. The number of rotatable bonds is 4. The number of aromatic nitrogens is 2. The summed E-state index contributed by atoms with van der Waals surface area (Å²) in [4.78, 5) is 23.3. The molecule has 1 fully saturated rings. The number of nitrogens with zero attached hydrogens (tertiary/aromatic N) is 3. The predicted molar refractivity (Wildman–Crippen MR) is 93.8 cm³/mol. The molecule has 0 saturated heterocycles. The van der Waals surface area contributed by atoms with Crippen molar-refractivity contribution < 1.29 is 9.18 Å². The minimum absolute atomic E-state index is 0.0939. The Kier molecular flexibility index (Phi) is 4.09. The van der Waals surface area contributed by atoms with E-state index in [1.54, 1.807) is 17.0 Å². The van der Waals surface area contributed by atoms with E-state index in [-0.39, 0.29) is 24.2 Å². The van der Waals surface area contributed by atoms with Crippen molar-refractivity contribution in [3.63, 3.8) is 0 Å². The molecule has 1 amide bonds. The molecular formula is C19H15ClFN3O. The number of carbonyl (C=O) groups is 1. The van der Waals surface area contributed by atoms with Crippen molar-refractivity contribution in [3.05, 3.63) is 70.8 Å². The highest BCUT2D eigenvalue weighted by Gasteiger charge is 2.34. The average Bonchev–Trinajstić information content (AvgIpc) is 3.45. The molecule has 0 aliphatic heterocycles. The van der Waals surface area contributed by atoms with E-state index in [2.05, 4.69) is 9.97 Å². The quantitative estimate of drug-likeness (QED) is 0.703. The van der Waals surface area contributed by atoms with Gasteiger partial charge in [-0.25, -0.2) is 9.37 Å². The van der Waals surface area contributed by atoms with E-state index < -0.39 is 5.82 Å². The van der Waals surface area contributed by atoms with Crippen molar-refractivity contribution in [2.75, 3.05) is 0 Å². The van der Waals surface area contributed by atoms with E-state index in [1.807, 2.05) is 24.3 Å². The predicted octanol–water partition coefficient (Wildman–Crippen LogP) is 4.23. The lowest BCUT2D eigenvalue weighted by molar-refractivity contribution is 0.0722. The fourth-order valence-corrected chi connectivity index (χ4v) is 3.04. The van der Waals surface area contributed by atoms with Gasteiger partial charge in [-0.05, 0) is 37.1 Å². The van der Waals surface area contributed by atoms with Gasteiger partial charge < -0.3 is 4.90 Å². The van der Waals surface area contributed by atoms with Gasteiger partial charge in [-0.1, -0.05) is 29.8 Å². The smallest absolute Gasteiger partial charge is 0.274 e. The van der Waals surface area contributed by atoms with E-state index in [9.17, 15) is 9.18 Å². The Morgan fingerprint density at radius 1 is 1.16 bits per heavy atom. The van der Waals surface area contributed by atoms with Crippen LogP contribution in [0.2, 0.25) is 5.02 Å². The lowest BCUT2D eigenvalue weighted by Crippen LogP contribution is -2.33. The van der Waals surface area contributed by atoms with Gasteiger partial charge >= 0.3 is 0 Å². The van der Waals surface area contributed by atoms with Crippen LogP contribution in [-0.4, -0.2) is 26.8 Å². The second-order valence-corrected chi connectivity index (χ2v) is 6.52. The molecule has 0 radical (unpaired) electrons. The number of carbonyl (C=O) groups excluding carboxylic acids is 1. The molecule has 0 N–H and O–H groups in total. The Hall–Kier alpha value is -2.53. The van der Waals surface area contributed by atoms with Crippen LogP contribution in [0.15, 0.2) is 48.7 Å². The third-order valence-electron chi connectivity index (χ3n) is 4.31. The number of halogens is 2. The summed E-state index contributed by atoms with van der Waals surface area (Å²) in [7, 11) is 0. The van der Waals surface area contributed by atoms with Crippen LogP contribution in [0.1, 0.15) is 28.9 Å². The molecule has 4 nitrogen and oxygen atoms in total. The van der Waals surface area contributed by atoms with Crippen molar-refractivity contribution in [2.24, 2.45) is 0 Å². The summed E-state index contributed by atoms with van der Waals surface area (Å²) in [6.45, 7) is 0.128. The highest BCUT2D eigenvalue weighted by Crippen LogP contribution is 2.31. The number of benzene rings is 2. The van der Waals surface area contributed by atoms with Gasteiger partial charge in [0, 0.05) is 16.6 Å². The fourth-order valence-electron chi connectivity index (χ4n) is 2.81. The van der Waals surface area contributed by atoms with Crippen LogP contribution >= 0.6 is 11.6 Å². The lowest BCUT2D eigenvalue weighted by Gasteiger charge is -2.23. The second kappa shape index (κ2) is 6.41. The van der Waals surface area contributed by atoms with Crippen molar-refractivity contribution in [1.29, 1.82) is 0 Å². The number of amides is 1. The number of hydrogen-bond donors (Lipinski definition) is 0. The average molecular weight is 356 g/mol. The van der Waals surface area contributed by atoms with Crippen LogP contribution in [0.3, 0.4) is 0 Å². The summed E-state index contributed by atoms with van der Waals surface area (Å²) in [5, 5.41) is 0.322. The minimum Gasteiger partial charge on any atom is -0.330 e. The van der Waals surface area contributed by atoms with Gasteiger partial charge in [0.1, 0.15) is 11.5 Å². The highest BCUT2D eigenvalue weighted by molar-refractivity contribution is 6.31. The summed E-state index contributed by atoms with van der Waals surface area (Å²) >= 11 is 6.12. The van der Waals surface area contributed by atoms with Crippen molar-refractivity contribution in [2.45, 2.75) is 25.4 Å². The Labute approximate surface area is 149 Å². The van der Waals surface area contributed by atoms with Crippen LogP contribution in [0.25, 0.3) is 11.0 Å². The molecular weight excluding hydrogens is 341 g/mol. The molecule has 25 heavy (non-hydrogen) atoms. The SMILES string of the molecule is O=C(c1cnc2ccccc2n1)N(Cc1c(F)cccc1Cl)C1CC1. The van der Waals surface area contributed by atoms with E-state index >= 15 is 0 Å². The van der Waals surface area contributed by atoms with E-state index in [0.29, 0.717) is 16.1 Å². The van der Waals surface area contributed by atoms with Gasteiger partial charge in [0.2, 0.25) is 0 Å². The molecule has 0 bridgehead atoms.